The van der Waals surface area contributed by atoms with Crippen molar-refractivity contribution in [2.24, 2.45) is 0 Å². The second kappa shape index (κ2) is 9.38. The average molecular weight is 434 g/mol. The van der Waals surface area contributed by atoms with Gasteiger partial charge < -0.3 is 19.1 Å². The molecule has 8 heteroatoms. The molecular weight excluding hydrogens is 406 g/mol. The smallest absolute Gasteiger partial charge is 0.261 e. The molecule has 0 spiro atoms. The van der Waals surface area contributed by atoms with E-state index in [1.54, 1.807) is 37.3 Å². The minimum Gasteiger partial charge on any atom is -0.493 e. The van der Waals surface area contributed by atoms with Gasteiger partial charge in [-0.2, -0.15) is 0 Å². The minimum atomic E-state index is -3.14. The van der Waals surface area contributed by atoms with E-state index in [9.17, 15) is 13.2 Å². The van der Waals surface area contributed by atoms with Gasteiger partial charge in [-0.15, -0.1) is 0 Å². The molecular formula is C22H27NO6S. The number of hydrogen-bond acceptors (Lipinski definition) is 6. The first kappa shape index (κ1) is 22.0. The summed E-state index contributed by atoms with van der Waals surface area (Å²) in [4.78, 5) is 14.6. The molecule has 0 aliphatic carbocycles. The van der Waals surface area contributed by atoms with Crippen molar-refractivity contribution in [2.75, 3.05) is 32.3 Å². The van der Waals surface area contributed by atoms with Gasteiger partial charge in [0.2, 0.25) is 0 Å². The van der Waals surface area contributed by atoms with Gasteiger partial charge >= 0.3 is 0 Å². The van der Waals surface area contributed by atoms with Crippen LogP contribution in [0.5, 0.6) is 17.2 Å². The normalized spacial score (nSPS) is 17.4. The largest absolute Gasteiger partial charge is 0.493 e. The minimum absolute atomic E-state index is 0.0313. The maximum absolute atomic E-state index is 13.0. The van der Waals surface area contributed by atoms with Gasteiger partial charge in [0.25, 0.3) is 5.91 Å². The number of sulfone groups is 1. The van der Waals surface area contributed by atoms with Crippen LogP contribution in [0.4, 0.5) is 0 Å². The molecule has 2 aromatic rings. The maximum atomic E-state index is 13.0. The van der Waals surface area contributed by atoms with Gasteiger partial charge in [-0.05, 0) is 48.7 Å². The van der Waals surface area contributed by atoms with Crippen LogP contribution in [-0.4, -0.2) is 57.6 Å². The van der Waals surface area contributed by atoms with Crippen LogP contribution in [0.1, 0.15) is 17.5 Å². The van der Waals surface area contributed by atoms with Gasteiger partial charge in [-0.3, -0.25) is 4.79 Å². The highest BCUT2D eigenvalue weighted by Crippen LogP contribution is 2.29. The molecule has 162 valence electrons. The van der Waals surface area contributed by atoms with Crippen LogP contribution in [0.2, 0.25) is 0 Å². The number of amides is 1. The molecule has 7 nitrogen and oxygen atoms in total. The fourth-order valence-corrected chi connectivity index (χ4v) is 5.28. The Balaban J connectivity index is 1.79. The Kier molecular flexibility index (Phi) is 6.87. The summed E-state index contributed by atoms with van der Waals surface area (Å²) < 4.78 is 40.3. The SMILES string of the molecule is COc1ccc(CN(C(=O)COc2cccc(C)c2)C2CCS(=O)(=O)C2)cc1OC. The van der Waals surface area contributed by atoms with Crippen LogP contribution < -0.4 is 14.2 Å². The number of rotatable bonds is 8. The Morgan fingerprint density at radius 1 is 1.10 bits per heavy atom. The zero-order valence-corrected chi connectivity index (χ0v) is 18.3. The molecule has 0 N–H and O–H groups in total. The van der Waals surface area contributed by atoms with Crippen molar-refractivity contribution in [2.45, 2.75) is 25.9 Å². The third-order valence-corrected chi connectivity index (χ3v) is 6.87. The Labute approximate surface area is 177 Å². The van der Waals surface area contributed by atoms with E-state index in [4.69, 9.17) is 14.2 Å². The van der Waals surface area contributed by atoms with Crippen LogP contribution in [0.15, 0.2) is 42.5 Å². The molecule has 1 saturated heterocycles. The molecule has 1 aliphatic rings. The number of aryl methyl sites for hydroxylation is 1. The second-order valence-corrected chi connectivity index (χ2v) is 9.60. The van der Waals surface area contributed by atoms with E-state index < -0.39 is 9.84 Å². The first-order valence-electron chi connectivity index (χ1n) is 9.71. The standard InChI is InChI=1S/C22H27NO6S/c1-16-5-4-6-19(11-16)29-14-22(24)23(18-9-10-30(25,26)15-18)13-17-7-8-20(27-2)21(12-17)28-3/h4-8,11-12,18H,9-10,13-15H2,1-3H3. The molecule has 0 saturated carbocycles. The number of carbonyl (C=O) groups is 1. The van der Waals surface area contributed by atoms with Gasteiger partial charge in [0.1, 0.15) is 5.75 Å². The van der Waals surface area contributed by atoms with E-state index in [0.717, 1.165) is 11.1 Å². The third kappa shape index (κ3) is 5.44. The van der Waals surface area contributed by atoms with Crippen molar-refractivity contribution in [1.29, 1.82) is 0 Å². The lowest BCUT2D eigenvalue weighted by Crippen LogP contribution is -2.43. The maximum Gasteiger partial charge on any atom is 0.261 e. The van der Waals surface area contributed by atoms with Crippen LogP contribution in [0.3, 0.4) is 0 Å². The second-order valence-electron chi connectivity index (χ2n) is 7.37. The molecule has 0 aromatic heterocycles. The zero-order chi connectivity index (χ0) is 21.7. The topological polar surface area (TPSA) is 82.1 Å². The Morgan fingerprint density at radius 2 is 1.87 bits per heavy atom. The summed E-state index contributed by atoms with van der Waals surface area (Å²) in [6, 6.07) is 12.5. The molecule has 1 fully saturated rings. The summed E-state index contributed by atoms with van der Waals surface area (Å²) in [5.41, 5.74) is 1.85. The highest BCUT2D eigenvalue weighted by atomic mass is 32.2. The lowest BCUT2D eigenvalue weighted by molar-refractivity contribution is -0.136. The highest BCUT2D eigenvalue weighted by molar-refractivity contribution is 7.91. The molecule has 0 radical (unpaired) electrons. The van der Waals surface area contributed by atoms with Crippen LogP contribution >= 0.6 is 0 Å². The van der Waals surface area contributed by atoms with E-state index in [1.165, 1.54) is 0 Å². The zero-order valence-electron chi connectivity index (χ0n) is 17.5. The van der Waals surface area contributed by atoms with Gasteiger partial charge in [0, 0.05) is 12.6 Å². The fourth-order valence-electron chi connectivity index (χ4n) is 3.55. The summed E-state index contributed by atoms with van der Waals surface area (Å²) in [5, 5.41) is 0. The third-order valence-electron chi connectivity index (χ3n) is 5.12. The van der Waals surface area contributed by atoms with E-state index in [2.05, 4.69) is 0 Å². The predicted molar refractivity (Wildman–Crippen MR) is 114 cm³/mol. The van der Waals surface area contributed by atoms with E-state index in [-0.39, 0.29) is 36.6 Å². The lowest BCUT2D eigenvalue weighted by atomic mass is 10.1. The summed E-state index contributed by atoms with van der Waals surface area (Å²) in [7, 11) is -0.0415. The van der Waals surface area contributed by atoms with E-state index >= 15 is 0 Å². The van der Waals surface area contributed by atoms with Crippen molar-refractivity contribution in [3.05, 3.63) is 53.6 Å². The van der Waals surface area contributed by atoms with Crippen LogP contribution in [0.25, 0.3) is 0 Å². The number of methoxy groups -OCH3 is 2. The molecule has 1 aliphatic heterocycles. The Bertz CT molecular complexity index is 1000. The molecule has 2 aromatic carbocycles. The summed E-state index contributed by atoms with van der Waals surface area (Å²) in [6.45, 7) is 2.05. The van der Waals surface area contributed by atoms with Gasteiger partial charge in [-0.1, -0.05) is 18.2 Å². The molecule has 1 atom stereocenters. The predicted octanol–water partition coefficient (Wildman–Crippen LogP) is 2.61. The number of nitrogens with zero attached hydrogens (tertiary/aromatic N) is 1. The number of carbonyl (C=O) groups excluding carboxylic acids is 1. The van der Waals surface area contributed by atoms with Crippen molar-refractivity contribution >= 4 is 15.7 Å². The number of hydrogen-bond donors (Lipinski definition) is 0. The summed E-state index contributed by atoms with van der Waals surface area (Å²) in [6.07, 6.45) is 0.422. The Hall–Kier alpha value is -2.74. The van der Waals surface area contributed by atoms with Gasteiger partial charge in [-0.25, -0.2) is 8.42 Å². The first-order chi connectivity index (χ1) is 14.3. The summed E-state index contributed by atoms with van der Waals surface area (Å²) >= 11 is 0. The lowest BCUT2D eigenvalue weighted by Gasteiger charge is -2.28. The van der Waals surface area contributed by atoms with Crippen LogP contribution in [0, 0.1) is 6.92 Å². The monoisotopic (exact) mass is 433 g/mol. The Morgan fingerprint density at radius 3 is 2.50 bits per heavy atom. The van der Waals surface area contributed by atoms with Crippen molar-refractivity contribution in [1.82, 2.24) is 4.90 Å². The van der Waals surface area contributed by atoms with Crippen LogP contribution in [-0.2, 0) is 21.2 Å². The molecule has 1 unspecified atom stereocenters. The average Bonchev–Trinajstić information content (AvgIpc) is 3.09. The molecule has 1 amide bonds. The summed E-state index contributed by atoms with van der Waals surface area (Å²) in [5.74, 6) is 1.55. The highest BCUT2D eigenvalue weighted by Gasteiger charge is 2.35. The van der Waals surface area contributed by atoms with Crippen molar-refractivity contribution in [3.8, 4) is 17.2 Å². The van der Waals surface area contributed by atoms with E-state index in [1.807, 2.05) is 31.2 Å². The quantitative estimate of drug-likeness (QED) is 0.637. The molecule has 1 heterocycles. The van der Waals surface area contributed by atoms with E-state index in [0.29, 0.717) is 23.7 Å². The van der Waals surface area contributed by atoms with Gasteiger partial charge in [0.05, 0.1) is 25.7 Å². The van der Waals surface area contributed by atoms with Crippen molar-refractivity contribution < 1.29 is 27.4 Å². The number of benzene rings is 2. The molecule has 30 heavy (non-hydrogen) atoms. The van der Waals surface area contributed by atoms with Gasteiger partial charge in [0.15, 0.2) is 27.9 Å². The van der Waals surface area contributed by atoms with Crippen molar-refractivity contribution in [3.63, 3.8) is 0 Å². The fraction of sp³-hybridized carbons (Fsp3) is 0.409. The molecule has 0 bridgehead atoms. The number of ether oxygens (including phenoxy) is 3. The molecule has 3 rings (SSSR count). The first-order valence-corrected chi connectivity index (χ1v) is 11.5.